The zero-order valence-electron chi connectivity index (χ0n) is 10.9. The molecule has 1 aromatic carbocycles. The molecule has 18 heavy (non-hydrogen) atoms. The highest BCUT2D eigenvalue weighted by molar-refractivity contribution is 5.81. The van der Waals surface area contributed by atoms with Gasteiger partial charge < -0.3 is 14.4 Å². The molecule has 1 atom stereocenters. The Morgan fingerprint density at radius 2 is 2.06 bits per heavy atom. The fourth-order valence-corrected chi connectivity index (χ4v) is 3.04. The van der Waals surface area contributed by atoms with Crippen molar-refractivity contribution in [3.8, 4) is 0 Å². The van der Waals surface area contributed by atoms with Crippen molar-refractivity contribution in [3.63, 3.8) is 0 Å². The second-order valence-corrected chi connectivity index (χ2v) is 5.57. The van der Waals surface area contributed by atoms with Crippen LogP contribution < -0.4 is 0 Å². The molecule has 1 unspecified atom stereocenters. The molecule has 1 heterocycles. The molecule has 0 amide bonds. The largest absolute Gasteiger partial charge is 0.464 e. The summed E-state index contributed by atoms with van der Waals surface area (Å²) in [4.78, 5) is 2.19. The van der Waals surface area contributed by atoms with E-state index < -0.39 is 0 Å². The zero-order chi connectivity index (χ0) is 12.8. The average molecular weight is 245 g/mol. The molecule has 1 fully saturated rings. The van der Waals surface area contributed by atoms with E-state index in [0.29, 0.717) is 0 Å². The van der Waals surface area contributed by atoms with Gasteiger partial charge >= 0.3 is 0 Å². The van der Waals surface area contributed by atoms with Crippen molar-refractivity contribution in [1.82, 2.24) is 4.90 Å². The van der Waals surface area contributed by atoms with Gasteiger partial charge in [0.1, 0.15) is 5.58 Å². The lowest BCUT2D eigenvalue weighted by atomic mass is 9.89. The van der Waals surface area contributed by atoms with Gasteiger partial charge in [0, 0.05) is 22.4 Å². The molecule has 0 radical (unpaired) electrons. The van der Waals surface area contributed by atoms with Crippen molar-refractivity contribution in [2.45, 2.75) is 18.9 Å². The molecule has 1 aromatic heterocycles. The number of hydrogen-bond acceptors (Lipinski definition) is 3. The number of nitrogens with zero attached hydrogens (tertiary/aromatic N) is 1. The summed E-state index contributed by atoms with van der Waals surface area (Å²) in [5.74, 6) is 0. The van der Waals surface area contributed by atoms with Crippen LogP contribution in [0.1, 0.15) is 24.4 Å². The number of hydrogen-bond donors (Lipinski definition) is 1. The molecule has 1 aliphatic rings. The lowest BCUT2D eigenvalue weighted by Crippen LogP contribution is -2.30. The third kappa shape index (κ3) is 1.66. The molecule has 2 aromatic rings. The van der Waals surface area contributed by atoms with E-state index in [9.17, 15) is 5.11 Å². The second-order valence-electron chi connectivity index (χ2n) is 5.57. The molecular weight excluding hydrogens is 226 g/mol. The Labute approximate surface area is 107 Å². The van der Waals surface area contributed by atoms with Crippen molar-refractivity contribution in [3.05, 3.63) is 36.1 Å². The van der Waals surface area contributed by atoms with Gasteiger partial charge in [-0.3, -0.25) is 0 Å². The minimum absolute atomic E-state index is 0.0240. The Hall–Kier alpha value is -1.32. The maximum Gasteiger partial charge on any atom is 0.134 e. The number of fused-ring (bicyclic) bond motifs is 1. The third-order valence-corrected chi connectivity index (χ3v) is 4.11. The first kappa shape index (κ1) is 11.8. The van der Waals surface area contributed by atoms with Gasteiger partial charge in [0.2, 0.25) is 0 Å². The van der Waals surface area contributed by atoms with E-state index in [4.69, 9.17) is 4.42 Å². The molecule has 3 heteroatoms. The first-order valence-corrected chi connectivity index (χ1v) is 6.41. The first-order valence-electron chi connectivity index (χ1n) is 6.41. The summed E-state index contributed by atoms with van der Waals surface area (Å²) in [6.07, 6.45) is 4.03. The van der Waals surface area contributed by atoms with Crippen LogP contribution >= 0.6 is 0 Å². The van der Waals surface area contributed by atoms with E-state index in [-0.39, 0.29) is 18.1 Å². The van der Waals surface area contributed by atoms with Crippen molar-refractivity contribution in [2.75, 3.05) is 20.7 Å². The second kappa shape index (κ2) is 4.11. The molecule has 96 valence electrons. The Balaban J connectivity index is 2.10. The normalized spacial score (nSPS) is 19.3. The van der Waals surface area contributed by atoms with E-state index in [1.165, 1.54) is 5.56 Å². The van der Waals surface area contributed by atoms with Crippen LogP contribution in [-0.2, 0) is 0 Å². The molecule has 1 aliphatic carbocycles. The van der Waals surface area contributed by atoms with Gasteiger partial charge in [0.25, 0.3) is 0 Å². The van der Waals surface area contributed by atoms with Gasteiger partial charge in [-0.2, -0.15) is 0 Å². The maximum atomic E-state index is 9.69. The van der Waals surface area contributed by atoms with Crippen molar-refractivity contribution < 1.29 is 9.52 Å². The number of aliphatic hydroxyl groups is 1. The van der Waals surface area contributed by atoms with Crippen LogP contribution in [0.2, 0.25) is 0 Å². The van der Waals surface area contributed by atoms with Gasteiger partial charge in [0.05, 0.1) is 12.9 Å². The van der Waals surface area contributed by atoms with Crippen LogP contribution in [0.25, 0.3) is 11.0 Å². The zero-order valence-corrected chi connectivity index (χ0v) is 10.9. The molecule has 3 rings (SSSR count). The van der Waals surface area contributed by atoms with E-state index in [1.807, 2.05) is 24.5 Å². The lowest BCUT2D eigenvalue weighted by Gasteiger charge is -2.31. The van der Waals surface area contributed by atoms with Crippen LogP contribution in [0.3, 0.4) is 0 Å². The molecular formula is C15H19NO2. The molecule has 0 bridgehead atoms. The number of rotatable bonds is 4. The van der Waals surface area contributed by atoms with Crippen molar-refractivity contribution in [2.24, 2.45) is 5.41 Å². The SMILES string of the molecule is CN(C)C(c1coc2ccccc12)C1(CO)CC1. The predicted octanol–water partition coefficient (Wildman–Crippen LogP) is 2.81. The van der Waals surface area contributed by atoms with E-state index >= 15 is 0 Å². The Kier molecular flexibility index (Phi) is 2.68. The average Bonchev–Trinajstić information content (AvgIpc) is 3.04. The van der Waals surface area contributed by atoms with Gasteiger partial charge in [0.15, 0.2) is 0 Å². The predicted molar refractivity (Wildman–Crippen MR) is 71.4 cm³/mol. The standard InChI is InChI=1S/C15H19NO2/c1-16(2)14(15(10-17)7-8-15)12-9-18-13-6-4-3-5-11(12)13/h3-6,9,14,17H,7-8,10H2,1-2H3. The van der Waals surface area contributed by atoms with Crippen LogP contribution in [0.4, 0.5) is 0 Å². The highest BCUT2D eigenvalue weighted by Crippen LogP contribution is 2.57. The lowest BCUT2D eigenvalue weighted by molar-refractivity contribution is 0.116. The first-order chi connectivity index (χ1) is 8.68. The van der Waals surface area contributed by atoms with Crippen LogP contribution in [0.15, 0.2) is 34.9 Å². The minimum atomic E-state index is 0.0240. The highest BCUT2D eigenvalue weighted by Gasteiger charge is 2.51. The molecule has 0 saturated heterocycles. The fraction of sp³-hybridized carbons (Fsp3) is 0.467. The van der Waals surface area contributed by atoms with Gasteiger partial charge in [-0.1, -0.05) is 18.2 Å². The topological polar surface area (TPSA) is 36.6 Å². The fourth-order valence-electron chi connectivity index (χ4n) is 3.04. The summed E-state index contributed by atoms with van der Waals surface area (Å²) in [5, 5.41) is 10.9. The monoisotopic (exact) mass is 245 g/mol. The maximum absolute atomic E-state index is 9.69. The van der Waals surface area contributed by atoms with Gasteiger partial charge in [-0.05, 0) is 33.0 Å². The summed E-state index contributed by atoms with van der Waals surface area (Å²) < 4.78 is 5.64. The molecule has 1 saturated carbocycles. The minimum Gasteiger partial charge on any atom is -0.464 e. The van der Waals surface area contributed by atoms with Crippen molar-refractivity contribution in [1.29, 1.82) is 0 Å². The van der Waals surface area contributed by atoms with Gasteiger partial charge in [-0.25, -0.2) is 0 Å². The molecule has 0 aliphatic heterocycles. The number of benzene rings is 1. The quantitative estimate of drug-likeness (QED) is 0.900. The van der Waals surface area contributed by atoms with Gasteiger partial charge in [-0.15, -0.1) is 0 Å². The summed E-state index contributed by atoms with van der Waals surface area (Å²) in [7, 11) is 4.14. The highest BCUT2D eigenvalue weighted by atomic mass is 16.3. The summed E-state index contributed by atoms with van der Waals surface area (Å²) in [6, 6.07) is 8.33. The Morgan fingerprint density at radius 3 is 2.67 bits per heavy atom. The molecule has 0 spiro atoms. The molecule has 1 N–H and O–H groups in total. The third-order valence-electron chi connectivity index (χ3n) is 4.11. The Bertz CT molecular complexity index is 554. The van der Waals surface area contributed by atoms with Crippen LogP contribution in [0.5, 0.6) is 0 Å². The number of furan rings is 1. The Morgan fingerprint density at radius 1 is 1.33 bits per heavy atom. The van der Waals surface area contributed by atoms with Crippen LogP contribution in [-0.4, -0.2) is 30.7 Å². The summed E-state index contributed by atoms with van der Waals surface area (Å²) >= 11 is 0. The number of para-hydroxylation sites is 1. The summed E-state index contributed by atoms with van der Waals surface area (Å²) in [5.41, 5.74) is 2.14. The summed E-state index contributed by atoms with van der Waals surface area (Å²) in [6.45, 7) is 0.245. The van der Waals surface area contributed by atoms with Crippen LogP contribution in [0, 0.1) is 5.41 Å². The molecule has 3 nitrogen and oxygen atoms in total. The van der Waals surface area contributed by atoms with Crippen molar-refractivity contribution >= 4 is 11.0 Å². The number of aliphatic hydroxyl groups excluding tert-OH is 1. The smallest absolute Gasteiger partial charge is 0.134 e. The van der Waals surface area contributed by atoms with E-state index in [2.05, 4.69) is 25.1 Å². The van der Waals surface area contributed by atoms with E-state index in [1.54, 1.807) is 0 Å². The van der Waals surface area contributed by atoms with E-state index in [0.717, 1.165) is 23.8 Å².